The van der Waals surface area contributed by atoms with Gasteiger partial charge in [0.1, 0.15) is 0 Å². The van der Waals surface area contributed by atoms with Crippen LogP contribution in [-0.2, 0) is 0 Å². The van der Waals surface area contributed by atoms with Gasteiger partial charge in [-0.05, 0) is 68.0 Å². The van der Waals surface area contributed by atoms with Crippen LogP contribution in [0.2, 0.25) is 0 Å². The third-order valence-corrected chi connectivity index (χ3v) is 6.27. The molecular formula is C22H25Br2N. The smallest absolute Gasteiger partial charge is 0.0459 e. The van der Waals surface area contributed by atoms with E-state index in [9.17, 15) is 0 Å². The van der Waals surface area contributed by atoms with E-state index in [1.54, 1.807) is 5.57 Å². The second-order valence-electron chi connectivity index (χ2n) is 6.76. The maximum atomic E-state index is 3.68. The van der Waals surface area contributed by atoms with E-state index in [4.69, 9.17) is 0 Å². The number of allylic oxidation sites excluding steroid dienone is 7. The summed E-state index contributed by atoms with van der Waals surface area (Å²) in [7, 11) is 0. The number of hydrogen-bond acceptors (Lipinski definition) is 1. The molecule has 2 unspecified atom stereocenters. The van der Waals surface area contributed by atoms with Gasteiger partial charge in [0.25, 0.3) is 0 Å². The molecule has 0 fully saturated rings. The first-order chi connectivity index (χ1) is 12.1. The predicted molar refractivity (Wildman–Crippen MR) is 116 cm³/mol. The van der Waals surface area contributed by atoms with Crippen LogP contribution in [0.25, 0.3) is 0 Å². The van der Waals surface area contributed by atoms with E-state index in [1.807, 2.05) is 0 Å². The molecule has 1 nitrogen and oxygen atoms in total. The summed E-state index contributed by atoms with van der Waals surface area (Å²) in [6.07, 6.45) is 16.0. The maximum Gasteiger partial charge on any atom is 0.0459 e. The molecule has 1 aromatic carbocycles. The molecule has 0 saturated heterocycles. The monoisotopic (exact) mass is 461 g/mol. The Morgan fingerprint density at radius 2 is 1.92 bits per heavy atom. The van der Waals surface area contributed by atoms with Crippen molar-refractivity contribution in [2.24, 2.45) is 5.92 Å². The molecule has 0 N–H and O–H groups in total. The van der Waals surface area contributed by atoms with Gasteiger partial charge in [0.05, 0.1) is 0 Å². The van der Waals surface area contributed by atoms with Crippen LogP contribution in [0.3, 0.4) is 0 Å². The Kier molecular flexibility index (Phi) is 6.40. The Hall–Kier alpha value is -1.06. The van der Waals surface area contributed by atoms with Gasteiger partial charge in [-0.3, -0.25) is 0 Å². The lowest BCUT2D eigenvalue weighted by atomic mass is 9.90. The molecule has 2 atom stereocenters. The number of halogens is 2. The number of benzene rings is 1. The molecule has 2 aliphatic carbocycles. The Labute approximate surface area is 168 Å². The zero-order chi connectivity index (χ0) is 17.8. The van der Waals surface area contributed by atoms with Crippen LogP contribution in [0.5, 0.6) is 0 Å². The van der Waals surface area contributed by atoms with Crippen LogP contribution in [0, 0.1) is 5.92 Å². The number of nitrogens with zero attached hydrogens (tertiary/aromatic N) is 1. The highest BCUT2D eigenvalue weighted by molar-refractivity contribution is 9.10. The highest BCUT2D eigenvalue weighted by atomic mass is 79.9. The maximum absolute atomic E-state index is 3.68. The number of alkyl halides is 1. The summed E-state index contributed by atoms with van der Waals surface area (Å²) < 4.78 is 1.11. The molecule has 25 heavy (non-hydrogen) atoms. The van der Waals surface area contributed by atoms with Gasteiger partial charge in [0.2, 0.25) is 0 Å². The molecule has 132 valence electrons. The lowest BCUT2D eigenvalue weighted by Crippen LogP contribution is -2.24. The van der Waals surface area contributed by atoms with Gasteiger partial charge >= 0.3 is 0 Å². The van der Waals surface area contributed by atoms with Crippen LogP contribution in [-0.4, -0.2) is 4.83 Å². The molecule has 0 heterocycles. The normalized spacial score (nSPS) is 21.3. The molecule has 2 aliphatic rings. The Balaban J connectivity index is 1.95. The van der Waals surface area contributed by atoms with E-state index in [-0.39, 0.29) is 0 Å². The van der Waals surface area contributed by atoms with Gasteiger partial charge in [0.15, 0.2) is 0 Å². The Bertz CT molecular complexity index is 725. The number of anilines is 1. The van der Waals surface area contributed by atoms with E-state index in [2.05, 4.69) is 105 Å². The van der Waals surface area contributed by atoms with Crippen molar-refractivity contribution in [3.05, 3.63) is 76.1 Å². The van der Waals surface area contributed by atoms with Gasteiger partial charge in [-0.15, -0.1) is 0 Å². The summed E-state index contributed by atoms with van der Waals surface area (Å²) in [6, 6.07) is 8.61. The lowest BCUT2D eigenvalue weighted by molar-refractivity contribution is 0.615. The summed E-state index contributed by atoms with van der Waals surface area (Å²) in [6.45, 7) is 4.60. The predicted octanol–water partition coefficient (Wildman–Crippen LogP) is 7.51. The standard InChI is InChI=1S/C22H25Br2N/c1-3-16(2)17-4-10-20(11-5-17)25(21-12-6-18(23)7-13-21)22-14-8-19(24)9-15-22/h4,6-8,10,12-16,19H,3,5,9,11H2,1-2H3. The second-order valence-corrected chi connectivity index (χ2v) is 8.85. The van der Waals surface area contributed by atoms with Crippen LogP contribution in [0.15, 0.2) is 76.1 Å². The van der Waals surface area contributed by atoms with Crippen LogP contribution < -0.4 is 4.90 Å². The quantitative estimate of drug-likeness (QED) is 0.409. The fourth-order valence-electron chi connectivity index (χ4n) is 3.32. The van der Waals surface area contributed by atoms with Gasteiger partial charge in [-0.25, -0.2) is 0 Å². The summed E-state index contributed by atoms with van der Waals surface area (Å²) in [4.78, 5) is 2.85. The SMILES string of the molecule is CCC(C)C1=CC=C(N(C2=CCC(Br)C=C2)c2ccc(Br)cc2)CC1. The summed E-state index contributed by atoms with van der Waals surface area (Å²) in [5.74, 6) is 0.682. The van der Waals surface area contributed by atoms with Crippen molar-refractivity contribution < 1.29 is 0 Å². The average molecular weight is 463 g/mol. The fraction of sp³-hybridized carbons (Fsp3) is 0.364. The highest BCUT2D eigenvalue weighted by Crippen LogP contribution is 2.35. The zero-order valence-corrected chi connectivity index (χ0v) is 18.1. The van der Waals surface area contributed by atoms with Crippen molar-refractivity contribution >= 4 is 37.5 Å². The van der Waals surface area contributed by atoms with Crippen molar-refractivity contribution in [2.75, 3.05) is 4.90 Å². The summed E-state index contributed by atoms with van der Waals surface area (Å²) in [5.41, 5.74) is 5.44. The van der Waals surface area contributed by atoms with Crippen molar-refractivity contribution in [2.45, 2.75) is 44.4 Å². The minimum Gasteiger partial charge on any atom is -0.315 e. The molecule has 0 saturated carbocycles. The van der Waals surface area contributed by atoms with Crippen LogP contribution in [0.1, 0.15) is 39.5 Å². The topological polar surface area (TPSA) is 3.24 Å². The van der Waals surface area contributed by atoms with Gasteiger partial charge < -0.3 is 4.90 Å². The number of hydrogen-bond donors (Lipinski definition) is 0. The molecule has 0 spiro atoms. The van der Waals surface area contributed by atoms with Crippen molar-refractivity contribution in [1.29, 1.82) is 0 Å². The molecule has 0 bridgehead atoms. The molecule has 1 aromatic rings. The number of rotatable bonds is 5. The molecule has 3 heteroatoms. The first kappa shape index (κ1) is 18.7. The Morgan fingerprint density at radius 3 is 2.48 bits per heavy atom. The molecule has 0 amide bonds. The molecule has 0 aliphatic heterocycles. The summed E-state index contributed by atoms with van der Waals surface area (Å²) in [5, 5.41) is 0. The fourth-order valence-corrected chi connectivity index (χ4v) is 3.92. The van der Waals surface area contributed by atoms with Crippen molar-refractivity contribution in [1.82, 2.24) is 0 Å². The minimum absolute atomic E-state index is 0.445. The first-order valence-electron chi connectivity index (χ1n) is 9.06. The summed E-state index contributed by atoms with van der Waals surface area (Å²) >= 11 is 7.23. The molecule has 0 aromatic heterocycles. The largest absolute Gasteiger partial charge is 0.315 e. The van der Waals surface area contributed by atoms with Crippen molar-refractivity contribution in [3.63, 3.8) is 0 Å². The molecule has 3 rings (SSSR count). The molecule has 0 radical (unpaired) electrons. The van der Waals surface area contributed by atoms with Gasteiger partial charge in [0, 0.05) is 26.4 Å². The van der Waals surface area contributed by atoms with E-state index >= 15 is 0 Å². The van der Waals surface area contributed by atoms with Gasteiger partial charge in [-0.2, -0.15) is 0 Å². The van der Waals surface area contributed by atoms with Crippen molar-refractivity contribution in [3.8, 4) is 0 Å². The lowest BCUT2D eigenvalue weighted by Gasteiger charge is -2.32. The minimum atomic E-state index is 0.445. The second kappa shape index (κ2) is 8.55. The van der Waals surface area contributed by atoms with Crippen LogP contribution in [0.4, 0.5) is 5.69 Å². The average Bonchev–Trinajstić information content (AvgIpc) is 2.65. The van der Waals surface area contributed by atoms with E-state index in [1.165, 1.54) is 23.5 Å². The first-order valence-corrected chi connectivity index (χ1v) is 10.8. The zero-order valence-electron chi connectivity index (χ0n) is 14.9. The Morgan fingerprint density at radius 1 is 1.16 bits per heavy atom. The van der Waals surface area contributed by atoms with E-state index in [0.29, 0.717) is 10.7 Å². The highest BCUT2D eigenvalue weighted by Gasteiger charge is 2.20. The van der Waals surface area contributed by atoms with Gasteiger partial charge in [-0.1, -0.05) is 69.5 Å². The van der Waals surface area contributed by atoms with E-state index < -0.39 is 0 Å². The van der Waals surface area contributed by atoms with E-state index in [0.717, 1.165) is 23.7 Å². The third kappa shape index (κ3) is 4.57. The third-order valence-electron chi connectivity index (χ3n) is 5.06. The molecular weight excluding hydrogens is 438 g/mol. The van der Waals surface area contributed by atoms with Crippen LogP contribution >= 0.6 is 31.9 Å².